The highest BCUT2D eigenvalue weighted by molar-refractivity contribution is 7.89. The van der Waals surface area contributed by atoms with Gasteiger partial charge in [-0.2, -0.15) is 0 Å². The van der Waals surface area contributed by atoms with Crippen molar-refractivity contribution in [2.45, 2.75) is 20.3 Å². The van der Waals surface area contributed by atoms with Gasteiger partial charge in [0.2, 0.25) is 10.0 Å². The Morgan fingerprint density at radius 3 is 2.32 bits per heavy atom. The fourth-order valence-corrected chi connectivity index (χ4v) is 2.20. The summed E-state index contributed by atoms with van der Waals surface area (Å²) in [6, 6.07) is 0. The molecule has 0 radical (unpaired) electrons. The van der Waals surface area contributed by atoms with Crippen LogP contribution in [0.5, 0.6) is 0 Å². The van der Waals surface area contributed by atoms with Crippen LogP contribution in [0.2, 0.25) is 0 Å². The largest absolute Gasteiger partial charge is 0.370 e. The molecule has 0 saturated carbocycles. The van der Waals surface area contributed by atoms with Crippen LogP contribution in [0.4, 0.5) is 11.6 Å². The van der Waals surface area contributed by atoms with Crippen LogP contribution in [0.25, 0.3) is 0 Å². The van der Waals surface area contributed by atoms with Gasteiger partial charge < -0.3 is 10.6 Å². The molecule has 1 aromatic rings. The highest BCUT2D eigenvalue weighted by Gasteiger charge is 2.10. The molecule has 108 valence electrons. The van der Waals surface area contributed by atoms with E-state index in [0.717, 1.165) is 24.3 Å². The Morgan fingerprint density at radius 1 is 1.16 bits per heavy atom. The summed E-state index contributed by atoms with van der Waals surface area (Å²) in [5.74, 6) is 1.48. The monoisotopic (exact) mass is 287 g/mol. The van der Waals surface area contributed by atoms with Crippen LogP contribution in [0.15, 0.2) is 6.33 Å². The van der Waals surface area contributed by atoms with Gasteiger partial charge in [0.25, 0.3) is 0 Å². The third-order valence-corrected chi connectivity index (χ3v) is 3.98. The van der Waals surface area contributed by atoms with Crippen LogP contribution < -0.4 is 15.4 Å². The summed E-state index contributed by atoms with van der Waals surface area (Å²) in [6.07, 6.45) is 2.23. The van der Waals surface area contributed by atoms with Crippen molar-refractivity contribution < 1.29 is 8.42 Å². The first kappa shape index (κ1) is 15.6. The van der Waals surface area contributed by atoms with Crippen LogP contribution in [0.3, 0.4) is 0 Å². The maximum Gasteiger partial charge on any atom is 0.213 e. The highest BCUT2D eigenvalue weighted by Crippen LogP contribution is 2.19. The predicted octanol–water partition coefficient (Wildman–Crippen LogP) is 0.432. The summed E-state index contributed by atoms with van der Waals surface area (Å²) in [7, 11) is -1.80. The standard InChI is InChI=1S/C11H21N5O2S/c1-4-9-10(13-5-2)15-8-16-11(9)14-6-7-19(17,18)12-3/h8,12H,4-7H2,1-3H3,(H2,13,14,15,16). The van der Waals surface area contributed by atoms with Gasteiger partial charge in [-0.25, -0.2) is 23.1 Å². The molecule has 0 fully saturated rings. The molecular formula is C11H21N5O2S. The molecule has 8 heteroatoms. The second kappa shape index (κ2) is 7.25. The fourth-order valence-electron chi connectivity index (χ4n) is 1.63. The molecule has 0 spiro atoms. The quantitative estimate of drug-likeness (QED) is 0.642. The molecule has 3 N–H and O–H groups in total. The number of hydrogen-bond donors (Lipinski definition) is 3. The van der Waals surface area contributed by atoms with Crippen molar-refractivity contribution in [3.8, 4) is 0 Å². The molecule has 0 unspecified atom stereocenters. The van der Waals surface area contributed by atoms with E-state index in [1.807, 2.05) is 13.8 Å². The zero-order valence-corrected chi connectivity index (χ0v) is 12.3. The Balaban J connectivity index is 2.75. The predicted molar refractivity (Wildman–Crippen MR) is 76.9 cm³/mol. The Labute approximate surface area is 114 Å². The van der Waals surface area contributed by atoms with Gasteiger partial charge in [-0.1, -0.05) is 6.92 Å². The Kier molecular flexibility index (Phi) is 5.97. The molecule has 0 aliphatic heterocycles. The van der Waals surface area contributed by atoms with Crippen LogP contribution in [0, 0.1) is 0 Å². The molecule has 0 bridgehead atoms. The lowest BCUT2D eigenvalue weighted by Crippen LogP contribution is -2.26. The van der Waals surface area contributed by atoms with Crippen molar-refractivity contribution in [2.24, 2.45) is 0 Å². The van der Waals surface area contributed by atoms with Crippen molar-refractivity contribution in [3.63, 3.8) is 0 Å². The first-order chi connectivity index (χ1) is 9.04. The zero-order valence-electron chi connectivity index (χ0n) is 11.5. The Hall–Kier alpha value is -1.41. The Bertz CT molecular complexity index is 504. The zero-order chi connectivity index (χ0) is 14.3. The minimum absolute atomic E-state index is 0.00714. The number of sulfonamides is 1. The SMILES string of the molecule is CCNc1ncnc(NCCS(=O)(=O)NC)c1CC. The lowest BCUT2D eigenvalue weighted by Gasteiger charge is -2.13. The topological polar surface area (TPSA) is 96.0 Å². The van der Waals surface area contributed by atoms with Crippen LogP contribution >= 0.6 is 0 Å². The van der Waals surface area contributed by atoms with Crippen LogP contribution in [-0.4, -0.2) is 44.3 Å². The summed E-state index contributed by atoms with van der Waals surface area (Å²) in [5.41, 5.74) is 0.964. The molecule has 0 atom stereocenters. The lowest BCUT2D eigenvalue weighted by atomic mass is 10.2. The van der Waals surface area contributed by atoms with E-state index >= 15 is 0 Å². The van der Waals surface area contributed by atoms with E-state index in [4.69, 9.17) is 0 Å². The van der Waals surface area contributed by atoms with Gasteiger partial charge in [-0.3, -0.25) is 0 Å². The van der Waals surface area contributed by atoms with Crippen molar-refractivity contribution in [2.75, 3.05) is 36.5 Å². The second-order valence-electron chi connectivity index (χ2n) is 3.88. The van der Waals surface area contributed by atoms with Crippen molar-refractivity contribution in [1.82, 2.24) is 14.7 Å². The molecule has 0 aliphatic carbocycles. The van der Waals surface area contributed by atoms with E-state index in [9.17, 15) is 8.42 Å². The Morgan fingerprint density at radius 2 is 1.79 bits per heavy atom. The van der Waals surface area contributed by atoms with Gasteiger partial charge in [-0.05, 0) is 20.4 Å². The number of anilines is 2. The maximum absolute atomic E-state index is 11.3. The highest BCUT2D eigenvalue weighted by atomic mass is 32.2. The van der Waals surface area contributed by atoms with Crippen LogP contribution in [0.1, 0.15) is 19.4 Å². The summed E-state index contributed by atoms with van der Waals surface area (Å²) < 4.78 is 24.9. The molecule has 0 aliphatic rings. The second-order valence-corrected chi connectivity index (χ2v) is 5.93. The molecule has 7 nitrogen and oxygen atoms in total. The average molecular weight is 287 g/mol. The molecule has 0 aromatic carbocycles. The lowest BCUT2D eigenvalue weighted by molar-refractivity contribution is 0.588. The summed E-state index contributed by atoms with van der Waals surface area (Å²) in [4.78, 5) is 8.34. The number of nitrogens with one attached hydrogen (secondary N) is 3. The van der Waals surface area contributed by atoms with Gasteiger partial charge >= 0.3 is 0 Å². The number of nitrogens with zero attached hydrogens (tertiary/aromatic N) is 2. The molecular weight excluding hydrogens is 266 g/mol. The van der Waals surface area contributed by atoms with Gasteiger partial charge in [-0.15, -0.1) is 0 Å². The summed E-state index contributed by atoms with van der Waals surface area (Å²) in [5, 5.41) is 6.21. The van der Waals surface area contributed by atoms with E-state index in [1.54, 1.807) is 0 Å². The minimum atomic E-state index is -3.20. The van der Waals surface area contributed by atoms with Gasteiger partial charge in [0.15, 0.2) is 0 Å². The van der Waals surface area contributed by atoms with E-state index in [-0.39, 0.29) is 5.75 Å². The summed E-state index contributed by atoms with van der Waals surface area (Å²) >= 11 is 0. The number of hydrogen-bond acceptors (Lipinski definition) is 6. The van der Waals surface area contributed by atoms with Gasteiger partial charge in [0, 0.05) is 18.7 Å². The average Bonchev–Trinajstić information content (AvgIpc) is 2.39. The first-order valence-corrected chi connectivity index (χ1v) is 7.92. The van der Waals surface area contributed by atoms with Crippen molar-refractivity contribution in [1.29, 1.82) is 0 Å². The fraction of sp³-hybridized carbons (Fsp3) is 0.636. The van der Waals surface area contributed by atoms with Crippen molar-refractivity contribution >= 4 is 21.7 Å². The smallest absolute Gasteiger partial charge is 0.213 e. The molecule has 1 heterocycles. The van der Waals surface area contributed by atoms with Gasteiger partial charge in [0.1, 0.15) is 18.0 Å². The number of aromatic nitrogens is 2. The van der Waals surface area contributed by atoms with E-state index in [0.29, 0.717) is 12.4 Å². The summed E-state index contributed by atoms with van der Waals surface area (Å²) in [6.45, 7) is 5.08. The third kappa shape index (κ3) is 4.64. The molecule has 19 heavy (non-hydrogen) atoms. The molecule has 0 saturated heterocycles. The van der Waals surface area contributed by atoms with E-state index in [2.05, 4.69) is 25.3 Å². The normalized spacial score (nSPS) is 11.3. The van der Waals surface area contributed by atoms with E-state index < -0.39 is 10.0 Å². The number of rotatable bonds is 8. The van der Waals surface area contributed by atoms with Crippen LogP contribution in [-0.2, 0) is 16.4 Å². The molecule has 0 amide bonds. The van der Waals surface area contributed by atoms with Gasteiger partial charge in [0.05, 0.1) is 5.75 Å². The first-order valence-electron chi connectivity index (χ1n) is 6.26. The third-order valence-electron chi connectivity index (χ3n) is 2.62. The minimum Gasteiger partial charge on any atom is -0.370 e. The molecule has 1 rings (SSSR count). The van der Waals surface area contributed by atoms with E-state index in [1.165, 1.54) is 13.4 Å². The molecule has 1 aromatic heterocycles. The maximum atomic E-state index is 11.3. The van der Waals surface area contributed by atoms with Crippen molar-refractivity contribution in [3.05, 3.63) is 11.9 Å².